The molecule has 2 heterocycles. The van der Waals surface area contributed by atoms with Gasteiger partial charge in [-0.05, 0) is 38.1 Å². The van der Waals surface area contributed by atoms with Gasteiger partial charge in [0.25, 0.3) is 10.0 Å². The molecule has 0 aliphatic rings. The van der Waals surface area contributed by atoms with E-state index in [2.05, 4.69) is 9.82 Å². The molecule has 3 rings (SSSR count). The number of hydrogen-bond donors (Lipinski definition) is 1. The highest BCUT2D eigenvalue weighted by Gasteiger charge is 2.19. The minimum absolute atomic E-state index is 0.211. The molecule has 1 N–H and O–H groups in total. The van der Waals surface area contributed by atoms with Gasteiger partial charge in [0.2, 0.25) is 0 Å². The van der Waals surface area contributed by atoms with Gasteiger partial charge in [-0.3, -0.25) is 9.40 Å². The van der Waals surface area contributed by atoms with E-state index in [4.69, 9.17) is 0 Å². The lowest BCUT2D eigenvalue weighted by molar-refractivity contribution is 0.538. The van der Waals surface area contributed by atoms with Crippen molar-refractivity contribution < 1.29 is 8.42 Å². The second kappa shape index (κ2) is 6.17. The molecule has 7 heteroatoms. The van der Waals surface area contributed by atoms with Crippen molar-refractivity contribution in [2.75, 3.05) is 4.72 Å². The van der Waals surface area contributed by atoms with Crippen molar-refractivity contribution in [3.63, 3.8) is 0 Å². The third-order valence-electron chi connectivity index (χ3n) is 3.32. The van der Waals surface area contributed by atoms with E-state index >= 15 is 0 Å². The van der Waals surface area contributed by atoms with Crippen molar-refractivity contribution in [3.05, 3.63) is 54.0 Å². The minimum Gasteiger partial charge on any atom is -0.279 e. The molecule has 0 fully saturated rings. The predicted molar refractivity (Wildman–Crippen MR) is 93.2 cm³/mol. The van der Waals surface area contributed by atoms with E-state index in [-0.39, 0.29) is 10.3 Å². The first-order valence-corrected chi connectivity index (χ1v) is 9.54. The summed E-state index contributed by atoms with van der Waals surface area (Å²) >= 11 is 1.20. The smallest absolute Gasteiger partial charge is 0.271 e. The summed E-state index contributed by atoms with van der Waals surface area (Å²) in [7, 11) is -3.58. The molecule has 1 aromatic carbocycles. The molecular weight excluding hydrogens is 330 g/mol. The number of hydrogen-bond acceptors (Lipinski definition) is 4. The Bertz CT molecular complexity index is 896. The van der Waals surface area contributed by atoms with Crippen LogP contribution in [0.15, 0.2) is 58.3 Å². The van der Waals surface area contributed by atoms with Crippen LogP contribution < -0.4 is 4.72 Å². The van der Waals surface area contributed by atoms with E-state index in [1.165, 1.54) is 11.3 Å². The number of sulfonamides is 1. The van der Waals surface area contributed by atoms with Crippen molar-refractivity contribution in [1.29, 1.82) is 0 Å². The Balaban J connectivity index is 1.91. The minimum atomic E-state index is -3.58. The zero-order valence-electron chi connectivity index (χ0n) is 12.8. The summed E-state index contributed by atoms with van der Waals surface area (Å²) < 4.78 is 29.7. The summed E-state index contributed by atoms with van der Waals surface area (Å²) in [5, 5.41) is 6.13. The lowest BCUT2D eigenvalue weighted by Gasteiger charge is -2.09. The van der Waals surface area contributed by atoms with Crippen molar-refractivity contribution in [3.8, 4) is 11.3 Å². The average molecular weight is 347 g/mol. The SMILES string of the molecule is CC(C)n1nccc1-c1csc(S(=O)(=O)Nc2ccccc2)c1. The molecule has 120 valence electrons. The molecule has 0 spiro atoms. The zero-order valence-corrected chi connectivity index (χ0v) is 14.4. The fraction of sp³-hybridized carbons (Fsp3) is 0.188. The maximum Gasteiger partial charge on any atom is 0.271 e. The lowest BCUT2D eigenvalue weighted by atomic mass is 10.2. The van der Waals surface area contributed by atoms with Gasteiger partial charge in [-0.2, -0.15) is 5.10 Å². The fourth-order valence-electron chi connectivity index (χ4n) is 2.26. The van der Waals surface area contributed by atoms with Crippen LogP contribution in [0.2, 0.25) is 0 Å². The van der Waals surface area contributed by atoms with Crippen LogP contribution in [0.5, 0.6) is 0 Å². The van der Waals surface area contributed by atoms with E-state index in [1.54, 1.807) is 36.5 Å². The normalized spacial score (nSPS) is 11.8. The number of aromatic nitrogens is 2. The zero-order chi connectivity index (χ0) is 16.4. The first-order valence-electron chi connectivity index (χ1n) is 7.17. The Morgan fingerprint density at radius 3 is 2.61 bits per heavy atom. The Hall–Kier alpha value is -2.12. The monoisotopic (exact) mass is 347 g/mol. The van der Waals surface area contributed by atoms with Gasteiger partial charge >= 0.3 is 0 Å². The Labute approximate surface area is 139 Å². The largest absolute Gasteiger partial charge is 0.279 e. The number of para-hydroxylation sites is 1. The first kappa shape index (κ1) is 15.8. The molecule has 0 unspecified atom stereocenters. The van der Waals surface area contributed by atoms with Gasteiger partial charge in [-0.1, -0.05) is 18.2 Å². The van der Waals surface area contributed by atoms with Gasteiger partial charge in [0.15, 0.2) is 0 Å². The van der Waals surface area contributed by atoms with Crippen molar-refractivity contribution in [1.82, 2.24) is 9.78 Å². The van der Waals surface area contributed by atoms with E-state index < -0.39 is 10.0 Å². The maximum absolute atomic E-state index is 12.5. The summed E-state index contributed by atoms with van der Waals surface area (Å²) in [6.07, 6.45) is 1.73. The molecule has 2 aromatic heterocycles. The number of nitrogens with zero attached hydrogens (tertiary/aromatic N) is 2. The quantitative estimate of drug-likeness (QED) is 0.759. The number of anilines is 1. The predicted octanol–water partition coefficient (Wildman–Crippen LogP) is 3.99. The number of nitrogens with one attached hydrogen (secondary N) is 1. The van der Waals surface area contributed by atoms with Gasteiger partial charge in [0.05, 0.1) is 5.69 Å². The molecule has 5 nitrogen and oxygen atoms in total. The number of benzene rings is 1. The topological polar surface area (TPSA) is 64.0 Å². The van der Waals surface area contributed by atoms with Crippen LogP contribution in [0.1, 0.15) is 19.9 Å². The summed E-state index contributed by atoms with van der Waals surface area (Å²) in [5.41, 5.74) is 2.32. The summed E-state index contributed by atoms with van der Waals surface area (Å²) in [5.74, 6) is 0. The maximum atomic E-state index is 12.5. The molecule has 0 aliphatic carbocycles. The Morgan fingerprint density at radius 2 is 1.91 bits per heavy atom. The van der Waals surface area contributed by atoms with Crippen LogP contribution >= 0.6 is 11.3 Å². The van der Waals surface area contributed by atoms with E-state index in [0.717, 1.165) is 11.3 Å². The van der Waals surface area contributed by atoms with Gasteiger partial charge in [-0.25, -0.2) is 8.42 Å². The first-order chi connectivity index (χ1) is 11.0. The van der Waals surface area contributed by atoms with Crippen LogP contribution in [-0.2, 0) is 10.0 Å². The lowest BCUT2D eigenvalue weighted by Crippen LogP contribution is -2.11. The van der Waals surface area contributed by atoms with Crippen LogP contribution in [-0.4, -0.2) is 18.2 Å². The van der Waals surface area contributed by atoms with Crippen LogP contribution in [0.25, 0.3) is 11.3 Å². The molecule has 0 saturated heterocycles. The van der Waals surface area contributed by atoms with Gasteiger partial charge in [0, 0.05) is 28.9 Å². The van der Waals surface area contributed by atoms with E-state index in [9.17, 15) is 8.42 Å². The van der Waals surface area contributed by atoms with Gasteiger partial charge in [-0.15, -0.1) is 11.3 Å². The average Bonchev–Trinajstić information content (AvgIpc) is 3.17. The molecule has 0 bridgehead atoms. The second-order valence-electron chi connectivity index (χ2n) is 5.38. The summed E-state index contributed by atoms with van der Waals surface area (Å²) in [4.78, 5) is 0. The number of rotatable bonds is 5. The molecule has 0 atom stereocenters. The third-order valence-corrected chi connectivity index (χ3v) is 6.14. The van der Waals surface area contributed by atoms with Gasteiger partial charge < -0.3 is 0 Å². The fourth-order valence-corrected chi connectivity index (χ4v) is 4.49. The molecule has 0 saturated carbocycles. The van der Waals surface area contributed by atoms with Crippen molar-refractivity contribution >= 4 is 27.0 Å². The van der Waals surface area contributed by atoms with Gasteiger partial charge in [0.1, 0.15) is 4.21 Å². The van der Waals surface area contributed by atoms with Crippen LogP contribution in [0.4, 0.5) is 5.69 Å². The molecule has 0 aliphatic heterocycles. The van der Waals surface area contributed by atoms with Crippen LogP contribution in [0, 0.1) is 0 Å². The van der Waals surface area contributed by atoms with Crippen molar-refractivity contribution in [2.24, 2.45) is 0 Å². The highest BCUT2D eigenvalue weighted by Crippen LogP contribution is 2.30. The van der Waals surface area contributed by atoms with E-state index in [1.807, 2.05) is 36.0 Å². The Kier molecular flexibility index (Phi) is 4.23. The van der Waals surface area contributed by atoms with Crippen molar-refractivity contribution in [2.45, 2.75) is 24.1 Å². The summed E-state index contributed by atoms with van der Waals surface area (Å²) in [6.45, 7) is 4.08. The third kappa shape index (κ3) is 3.30. The second-order valence-corrected chi connectivity index (χ2v) is 8.20. The molecular formula is C16H17N3O2S2. The summed E-state index contributed by atoms with van der Waals surface area (Å²) in [6, 6.07) is 12.7. The molecule has 3 aromatic rings. The highest BCUT2D eigenvalue weighted by atomic mass is 32.2. The molecule has 23 heavy (non-hydrogen) atoms. The number of thiophene rings is 1. The van der Waals surface area contributed by atoms with E-state index in [0.29, 0.717) is 5.69 Å². The standard InChI is InChI=1S/C16H17N3O2S2/c1-12(2)19-15(8-9-17-19)13-10-16(22-11-13)23(20,21)18-14-6-4-3-5-7-14/h3-12,18H,1-2H3. The molecule has 0 radical (unpaired) electrons. The van der Waals surface area contributed by atoms with Crippen LogP contribution in [0.3, 0.4) is 0 Å². The molecule has 0 amide bonds. The Morgan fingerprint density at radius 1 is 1.17 bits per heavy atom. The highest BCUT2D eigenvalue weighted by molar-refractivity contribution is 7.94.